The zero-order valence-corrected chi connectivity index (χ0v) is 19.3. The van der Waals surface area contributed by atoms with Gasteiger partial charge in [-0.15, -0.1) is 0 Å². The van der Waals surface area contributed by atoms with Gasteiger partial charge in [-0.2, -0.15) is 0 Å². The zero-order chi connectivity index (χ0) is 22.5. The number of benzene rings is 2. The van der Waals surface area contributed by atoms with Crippen molar-refractivity contribution in [2.75, 3.05) is 20.8 Å². The Bertz CT molecular complexity index is 988. The number of ether oxygens (including phenoxy) is 2. The summed E-state index contributed by atoms with van der Waals surface area (Å²) in [5, 5.41) is 4.98. The summed E-state index contributed by atoms with van der Waals surface area (Å²) >= 11 is 6.17. The number of amides is 1. The lowest BCUT2D eigenvalue weighted by molar-refractivity contribution is -0.137. The van der Waals surface area contributed by atoms with E-state index in [0.29, 0.717) is 36.0 Å². The summed E-state index contributed by atoms with van der Waals surface area (Å²) < 4.78 is 10.7. The number of methoxy groups -OCH3 is 2. The average molecular weight is 457 g/mol. The van der Waals surface area contributed by atoms with Crippen molar-refractivity contribution in [2.24, 2.45) is 11.1 Å². The first-order valence-corrected chi connectivity index (χ1v) is 11.4. The minimum atomic E-state index is -0.192. The molecule has 4 rings (SSSR count). The Morgan fingerprint density at radius 1 is 1.12 bits per heavy atom. The van der Waals surface area contributed by atoms with Crippen molar-refractivity contribution in [1.82, 2.24) is 4.90 Å². The maximum absolute atomic E-state index is 13.3. The minimum Gasteiger partial charge on any atom is -0.493 e. The summed E-state index contributed by atoms with van der Waals surface area (Å²) in [4.78, 5) is 21.0. The fraction of sp³-hybridized carbons (Fsp3) is 0.440. The summed E-state index contributed by atoms with van der Waals surface area (Å²) in [7, 11) is 3.22. The molecular weight excluding hydrogens is 428 g/mol. The number of rotatable bonds is 8. The van der Waals surface area contributed by atoms with Crippen LogP contribution in [0.5, 0.6) is 11.5 Å². The van der Waals surface area contributed by atoms with Gasteiger partial charge in [-0.1, -0.05) is 41.7 Å². The summed E-state index contributed by atoms with van der Waals surface area (Å²) in [5.74, 6) is 1.62. The van der Waals surface area contributed by atoms with Gasteiger partial charge in [0.2, 0.25) is 5.91 Å². The highest BCUT2D eigenvalue weighted by Gasteiger charge is 2.31. The van der Waals surface area contributed by atoms with Crippen molar-refractivity contribution in [2.45, 2.75) is 44.8 Å². The highest BCUT2D eigenvalue weighted by molar-refractivity contribution is 6.30. The summed E-state index contributed by atoms with van der Waals surface area (Å²) in [5.41, 5.74) is 2.78. The van der Waals surface area contributed by atoms with Crippen LogP contribution in [0.15, 0.2) is 47.6 Å². The van der Waals surface area contributed by atoms with Gasteiger partial charge in [0, 0.05) is 29.5 Å². The molecule has 0 radical (unpaired) electrons. The Morgan fingerprint density at radius 2 is 1.91 bits per heavy atom. The zero-order valence-electron chi connectivity index (χ0n) is 18.6. The normalized spacial score (nSPS) is 18.2. The molecule has 0 spiro atoms. The van der Waals surface area contributed by atoms with E-state index in [1.807, 2.05) is 47.4 Å². The first-order chi connectivity index (χ1) is 15.6. The molecule has 1 saturated carbocycles. The van der Waals surface area contributed by atoms with E-state index in [1.54, 1.807) is 14.2 Å². The van der Waals surface area contributed by atoms with E-state index in [9.17, 15) is 4.79 Å². The molecule has 1 unspecified atom stereocenters. The average Bonchev–Trinajstić information content (AvgIpc) is 3.50. The van der Waals surface area contributed by atoms with E-state index in [4.69, 9.17) is 25.9 Å². The van der Waals surface area contributed by atoms with E-state index in [-0.39, 0.29) is 17.9 Å². The molecule has 0 N–H and O–H groups in total. The topological polar surface area (TPSA) is 60.4 Å². The predicted octanol–water partition coefficient (Wildman–Crippen LogP) is 5.07. The summed E-state index contributed by atoms with van der Waals surface area (Å²) in [6, 6.07) is 13.4. The summed E-state index contributed by atoms with van der Waals surface area (Å²) in [6.07, 6.45) is 4.59. The SMILES string of the molecule is COc1ccc(C2=NOC(CN(Cc3cccc(Cl)c3)C(=O)C3CCCC3)C2)cc1OC. The molecule has 0 aromatic heterocycles. The van der Waals surface area contributed by atoms with E-state index >= 15 is 0 Å². The molecule has 1 atom stereocenters. The number of carbonyl (C=O) groups excluding carboxylic acids is 1. The van der Waals surface area contributed by atoms with Gasteiger partial charge in [0.25, 0.3) is 0 Å². The fourth-order valence-corrected chi connectivity index (χ4v) is 4.69. The van der Waals surface area contributed by atoms with Gasteiger partial charge in [0.1, 0.15) is 0 Å². The van der Waals surface area contributed by atoms with Gasteiger partial charge in [-0.25, -0.2) is 0 Å². The standard InChI is InChI=1S/C25H29ClN2O4/c1-30-23-11-10-19(13-24(23)31-2)22-14-21(32-27-22)16-28(25(29)18-7-3-4-8-18)15-17-6-5-9-20(26)12-17/h5-6,9-13,18,21H,3-4,7-8,14-16H2,1-2H3. The molecule has 7 heteroatoms. The highest BCUT2D eigenvalue weighted by Crippen LogP contribution is 2.31. The molecule has 32 heavy (non-hydrogen) atoms. The van der Waals surface area contributed by atoms with Crippen LogP contribution >= 0.6 is 11.6 Å². The van der Waals surface area contributed by atoms with Crippen molar-refractivity contribution in [1.29, 1.82) is 0 Å². The van der Waals surface area contributed by atoms with Gasteiger partial charge in [0.05, 0.1) is 26.5 Å². The summed E-state index contributed by atoms with van der Waals surface area (Å²) in [6.45, 7) is 1.00. The van der Waals surface area contributed by atoms with E-state index in [2.05, 4.69) is 5.16 Å². The third-order valence-electron chi connectivity index (χ3n) is 6.15. The molecule has 2 aromatic rings. The van der Waals surface area contributed by atoms with Crippen LogP contribution in [-0.2, 0) is 16.2 Å². The van der Waals surface area contributed by atoms with Crippen LogP contribution in [0.25, 0.3) is 0 Å². The van der Waals surface area contributed by atoms with E-state index < -0.39 is 0 Å². The molecule has 1 heterocycles. The van der Waals surface area contributed by atoms with Gasteiger partial charge < -0.3 is 19.2 Å². The monoisotopic (exact) mass is 456 g/mol. The highest BCUT2D eigenvalue weighted by atomic mass is 35.5. The maximum atomic E-state index is 13.3. The van der Waals surface area contributed by atoms with Crippen LogP contribution in [0.4, 0.5) is 0 Å². The Balaban J connectivity index is 1.46. The predicted molar refractivity (Wildman–Crippen MR) is 124 cm³/mol. The molecule has 2 aromatic carbocycles. The first kappa shape index (κ1) is 22.5. The number of nitrogens with zero attached hydrogens (tertiary/aromatic N) is 2. The van der Waals surface area contributed by atoms with E-state index in [1.165, 1.54) is 0 Å². The smallest absolute Gasteiger partial charge is 0.226 e. The minimum absolute atomic E-state index is 0.0989. The van der Waals surface area contributed by atoms with Gasteiger partial charge in [0.15, 0.2) is 17.6 Å². The van der Waals surface area contributed by atoms with Crippen LogP contribution < -0.4 is 9.47 Å². The lowest BCUT2D eigenvalue weighted by Gasteiger charge is -2.27. The molecule has 1 aliphatic heterocycles. The van der Waals surface area contributed by atoms with Crippen LogP contribution in [-0.4, -0.2) is 43.4 Å². The van der Waals surface area contributed by atoms with Crippen LogP contribution in [0.3, 0.4) is 0 Å². The molecular formula is C25H29ClN2O4. The second-order valence-electron chi connectivity index (χ2n) is 8.37. The first-order valence-electron chi connectivity index (χ1n) is 11.1. The third-order valence-corrected chi connectivity index (χ3v) is 6.39. The van der Waals surface area contributed by atoms with Crippen molar-refractivity contribution < 1.29 is 19.1 Å². The van der Waals surface area contributed by atoms with Crippen LogP contribution in [0, 0.1) is 5.92 Å². The number of halogens is 1. The molecule has 0 saturated heterocycles. The largest absolute Gasteiger partial charge is 0.493 e. The Kier molecular flexibility index (Phi) is 7.20. The molecule has 2 aliphatic rings. The van der Waals surface area contributed by atoms with E-state index in [0.717, 1.165) is 42.5 Å². The van der Waals surface area contributed by atoms with Crippen LogP contribution in [0.2, 0.25) is 5.02 Å². The lowest BCUT2D eigenvalue weighted by atomic mass is 10.0. The van der Waals surface area contributed by atoms with Crippen molar-refractivity contribution in [3.8, 4) is 11.5 Å². The quantitative estimate of drug-likeness (QED) is 0.556. The molecule has 170 valence electrons. The van der Waals surface area contributed by atoms with Gasteiger partial charge in [-0.05, 0) is 48.7 Å². The molecule has 0 bridgehead atoms. The molecule has 1 fully saturated rings. The Morgan fingerprint density at radius 3 is 2.62 bits per heavy atom. The lowest BCUT2D eigenvalue weighted by Crippen LogP contribution is -2.40. The maximum Gasteiger partial charge on any atom is 0.226 e. The Labute approximate surface area is 194 Å². The number of hydrogen-bond acceptors (Lipinski definition) is 5. The van der Waals surface area contributed by atoms with Crippen LogP contribution in [0.1, 0.15) is 43.2 Å². The third kappa shape index (κ3) is 5.18. The number of carbonyl (C=O) groups is 1. The molecule has 1 amide bonds. The number of oxime groups is 1. The second kappa shape index (κ2) is 10.3. The van der Waals surface area contributed by atoms with Crippen molar-refractivity contribution >= 4 is 23.2 Å². The van der Waals surface area contributed by atoms with Gasteiger partial charge in [-0.3, -0.25) is 4.79 Å². The fourth-order valence-electron chi connectivity index (χ4n) is 4.48. The van der Waals surface area contributed by atoms with Crippen molar-refractivity contribution in [3.05, 3.63) is 58.6 Å². The second-order valence-corrected chi connectivity index (χ2v) is 8.81. The molecule has 1 aliphatic carbocycles. The molecule has 6 nitrogen and oxygen atoms in total. The van der Waals surface area contributed by atoms with Gasteiger partial charge >= 0.3 is 0 Å². The Hall–Kier alpha value is -2.73. The van der Waals surface area contributed by atoms with Crippen molar-refractivity contribution in [3.63, 3.8) is 0 Å². The number of hydrogen-bond donors (Lipinski definition) is 0.